The lowest BCUT2D eigenvalue weighted by atomic mass is 9.92. The first-order valence-corrected chi connectivity index (χ1v) is 17.3. The van der Waals surface area contributed by atoms with Crippen LogP contribution in [0.5, 0.6) is 11.5 Å². The Morgan fingerprint density at radius 1 is 1.08 bits per heavy atom. The van der Waals surface area contributed by atoms with Crippen LogP contribution in [0.25, 0.3) is 22.3 Å². The van der Waals surface area contributed by atoms with Crippen LogP contribution in [0.3, 0.4) is 0 Å². The second-order valence-electron chi connectivity index (χ2n) is 14.8. The van der Waals surface area contributed by atoms with Crippen LogP contribution in [0.1, 0.15) is 60.8 Å². The van der Waals surface area contributed by atoms with Crippen LogP contribution in [0.15, 0.2) is 42.3 Å². The molecule has 4 atom stereocenters. The van der Waals surface area contributed by atoms with Crippen molar-refractivity contribution in [2.75, 3.05) is 26.1 Å². The molecule has 2 aliphatic rings. The van der Waals surface area contributed by atoms with Crippen molar-refractivity contribution in [3.63, 3.8) is 0 Å². The van der Waals surface area contributed by atoms with E-state index in [9.17, 15) is 19.2 Å². The number of pyridine rings is 1. The lowest BCUT2D eigenvalue weighted by Gasteiger charge is -2.28. The molecule has 268 valence electrons. The van der Waals surface area contributed by atoms with Crippen LogP contribution in [0.4, 0.5) is 9.93 Å². The standard InChI is InChI=1S/C36H45N5O8S/c1-10-20-16-36(20,31(44)47-9)40-30(43)27-14-22(18-41(27)33(45)49-35(5,6)7)48-28-15-25(37-24-13-21(46-8)11-12-23(24)28)26-19-50-32(38-26)39-29(42)17-34(2,3)4/h10-13,15,19-20,22,27H,1,14,16-18H2,2-9H3,(H,40,43)(H,38,39,42)/t20-,22-,27+,36-/m1/s1. The Morgan fingerprint density at radius 3 is 2.44 bits per heavy atom. The van der Waals surface area contributed by atoms with E-state index in [1.807, 2.05) is 26.8 Å². The van der Waals surface area contributed by atoms with E-state index < -0.39 is 41.3 Å². The fourth-order valence-corrected chi connectivity index (χ4v) is 6.67. The van der Waals surface area contributed by atoms with Gasteiger partial charge in [-0.25, -0.2) is 19.6 Å². The third-order valence-corrected chi connectivity index (χ3v) is 9.12. The number of benzene rings is 1. The molecule has 3 aromatic rings. The molecule has 1 aliphatic heterocycles. The van der Waals surface area contributed by atoms with Crippen LogP contribution < -0.4 is 20.1 Å². The SMILES string of the molecule is C=C[C@@H]1C[C@]1(NC(=O)[C@@H]1C[C@@H](Oc2cc(-c3csc(NC(=O)CC(C)(C)C)n3)nc3cc(OC)ccc23)CN1C(=O)OC(C)(C)C)C(=O)OC. The van der Waals surface area contributed by atoms with Crippen LogP contribution in [0, 0.1) is 11.3 Å². The molecule has 0 spiro atoms. The van der Waals surface area contributed by atoms with Gasteiger partial charge in [0.05, 0.1) is 32.0 Å². The number of hydrogen-bond donors (Lipinski definition) is 2. The van der Waals surface area contributed by atoms with Gasteiger partial charge in [-0.3, -0.25) is 14.5 Å². The van der Waals surface area contributed by atoms with Crippen molar-refractivity contribution in [1.29, 1.82) is 0 Å². The van der Waals surface area contributed by atoms with Crippen molar-refractivity contribution in [1.82, 2.24) is 20.2 Å². The molecule has 1 aromatic carbocycles. The summed E-state index contributed by atoms with van der Waals surface area (Å²) in [5.74, 6) is -0.478. The molecule has 2 aromatic heterocycles. The summed E-state index contributed by atoms with van der Waals surface area (Å²) in [7, 11) is 2.83. The number of carbonyl (C=O) groups excluding carboxylic acids is 4. The van der Waals surface area contributed by atoms with Gasteiger partial charge in [0, 0.05) is 41.7 Å². The lowest BCUT2D eigenvalue weighted by molar-refractivity contribution is -0.147. The molecule has 50 heavy (non-hydrogen) atoms. The summed E-state index contributed by atoms with van der Waals surface area (Å²) in [5, 5.41) is 8.64. The predicted molar refractivity (Wildman–Crippen MR) is 189 cm³/mol. The number of amides is 3. The Labute approximate surface area is 295 Å². The number of thiazole rings is 1. The molecule has 0 bridgehead atoms. The molecule has 1 saturated carbocycles. The smallest absolute Gasteiger partial charge is 0.411 e. The molecule has 0 unspecified atom stereocenters. The molecular weight excluding hydrogens is 662 g/mol. The first kappa shape index (κ1) is 36.6. The second-order valence-corrected chi connectivity index (χ2v) is 15.7. The van der Waals surface area contributed by atoms with E-state index in [2.05, 4.69) is 22.2 Å². The largest absolute Gasteiger partial charge is 0.497 e. The second kappa shape index (κ2) is 13.9. The van der Waals surface area contributed by atoms with E-state index in [-0.39, 0.29) is 30.2 Å². The Kier molecular flexibility index (Phi) is 10.2. The number of hydrogen-bond acceptors (Lipinski definition) is 11. The summed E-state index contributed by atoms with van der Waals surface area (Å²) in [6.07, 6.45) is 1.10. The molecule has 5 rings (SSSR count). The van der Waals surface area contributed by atoms with Crippen molar-refractivity contribution in [3.05, 3.63) is 42.3 Å². The molecular formula is C36H45N5O8S. The molecule has 2 fully saturated rings. The van der Waals surface area contributed by atoms with Crippen molar-refractivity contribution < 1.29 is 38.1 Å². The van der Waals surface area contributed by atoms with Crippen LogP contribution in [-0.2, 0) is 23.9 Å². The quantitative estimate of drug-likeness (QED) is 0.197. The summed E-state index contributed by atoms with van der Waals surface area (Å²) in [5.41, 5.74) is -0.632. The minimum absolute atomic E-state index is 0.0407. The minimum Gasteiger partial charge on any atom is -0.497 e. The van der Waals surface area contributed by atoms with E-state index in [0.717, 1.165) is 0 Å². The van der Waals surface area contributed by atoms with Crippen molar-refractivity contribution in [2.24, 2.45) is 11.3 Å². The van der Waals surface area contributed by atoms with Gasteiger partial charge in [0.25, 0.3) is 0 Å². The van der Waals surface area contributed by atoms with E-state index >= 15 is 0 Å². The Bertz CT molecular complexity index is 1810. The summed E-state index contributed by atoms with van der Waals surface area (Å²) in [6.45, 7) is 15.0. The van der Waals surface area contributed by atoms with E-state index in [0.29, 0.717) is 51.8 Å². The van der Waals surface area contributed by atoms with Crippen molar-refractivity contribution in [3.8, 4) is 22.9 Å². The topological polar surface area (TPSA) is 158 Å². The summed E-state index contributed by atoms with van der Waals surface area (Å²) in [6, 6.07) is 6.15. The highest BCUT2D eigenvalue weighted by Gasteiger charge is 2.62. The Hall–Kier alpha value is -4.72. The lowest BCUT2D eigenvalue weighted by Crippen LogP contribution is -2.53. The number of ether oxygens (including phenoxy) is 4. The van der Waals surface area contributed by atoms with Crippen molar-refractivity contribution >= 4 is 51.2 Å². The van der Waals surface area contributed by atoms with Crippen molar-refractivity contribution in [2.45, 2.75) is 84.1 Å². The third kappa shape index (κ3) is 8.18. The van der Waals surface area contributed by atoms with Gasteiger partial charge in [-0.15, -0.1) is 17.9 Å². The molecule has 0 radical (unpaired) electrons. The van der Waals surface area contributed by atoms with Gasteiger partial charge in [0.15, 0.2) is 5.13 Å². The zero-order chi connectivity index (χ0) is 36.6. The van der Waals surface area contributed by atoms with E-state index in [1.165, 1.54) is 23.3 Å². The first-order valence-electron chi connectivity index (χ1n) is 16.4. The molecule has 1 saturated heterocycles. The average molecular weight is 708 g/mol. The normalized spacial score (nSPS) is 21.7. The predicted octanol–water partition coefficient (Wildman–Crippen LogP) is 5.73. The van der Waals surface area contributed by atoms with Gasteiger partial charge in [-0.05, 0) is 44.7 Å². The number of carbonyl (C=O) groups is 4. The molecule has 2 N–H and O–H groups in total. The van der Waals surface area contributed by atoms with Gasteiger partial charge in [0.2, 0.25) is 11.8 Å². The molecule has 3 heterocycles. The monoisotopic (exact) mass is 707 g/mol. The van der Waals surface area contributed by atoms with Gasteiger partial charge in [-0.2, -0.15) is 0 Å². The molecule has 14 heteroatoms. The van der Waals surface area contributed by atoms with Crippen LogP contribution >= 0.6 is 11.3 Å². The van der Waals surface area contributed by atoms with Gasteiger partial charge in [-0.1, -0.05) is 26.8 Å². The first-order chi connectivity index (χ1) is 23.4. The number of nitrogens with one attached hydrogen (secondary N) is 2. The number of fused-ring (bicyclic) bond motifs is 1. The highest BCUT2D eigenvalue weighted by atomic mass is 32.1. The number of esters is 1. The van der Waals surface area contributed by atoms with E-state index in [1.54, 1.807) is 57.5 Å². The summed E-state index contributed by atoms with van der Waals surface area (Å²) in [4.78, 5) is 63.3. The maximum atomic E-state index is 13.8. The number of anilines is 1. The molecule has 13 nitrogen and oxygen atoms in total. The van der Waals surface area contributed by atoms with Gasteiger partial charge in [0.1, 0.15) is 40.5 Å². The zero-order valence-corrected chi connectivity index (χ0v) is 30.6. The Morgan fingerprint density at radius 2 is 1.82 bits per heavy atom. The summed E-state index contributed by atoms with van der Waals surface area (Å²) >= 11 is 1.29. The average Bonchev–Trinajstić information content (AvgIpc) is 3.31. The van der Waals surface area contributed by atoms with E-state index in [4.69, 9.17) is 23.9 Å². The number of nitrogens with zero attached hydrogens (tertiary/aromatic N) is 3. The number of methoxy groups -OCH3 is 2. The number of rotatable bonds is 10. The van der Waals surface area contributed by atoms with Gasteiger partial charge >= 0.3 is 12.1 Å². The molecule has 3 amide bonds. The maximum Gasteiger partial charge on any atom is 0.411 e. The zero-order valence-electron chi connectivity index (χ0n) is 29.7. The number of likely N-dealkylation sites (tertiary alicyclic amines) is 1. The summed E-state index contributed by atoms with van der Waals surface area (Å²) < 4.78 is 22.7. The van der Waals surface area contributed by atoms with Gasteiger partial charge < -0.3 is 29.6 Å². The van der Waals surface area contributed by atoms with Crippen LogP contribution in [0.2, 0.25) is 0 Å². The fourth-order valence-electron chi connectivity index (χ4n) is 5.95. The number of aromatic nitrogens is 2. The fraction of sp³-hybridized carbons (Fsp3) is 0.500. The maximum absolute atomic E-state index is 13.8. The highest BCUT2D eigenvalue weighted by molar-refractivity contribution is 7.14. The third-order valence-electron chi connectivity index (χ3n) is 8.37. The minimum atomic E-state index is -1.24. The molecule has 1 aliphatic carbocycles. The van der Waals surface area contributed by atoms with Crippen LogP contribution in [-0.4, -0.2) is 82.8 Å². The Balaban J connectivity index is 1.45. The highest BCUT2D eigenvalue weighted by Crippen LogP contribution is 2.46.